The monoisotopic (exact) mass is 368 g/mol. The van der Waals surface area contributed by atoms with Gasteiger partial charge in [0.05, 0.1) is 12.0 Å². The molecule has 3 aromatic rings. The van der Waals surface area contributed by atoms with E-state index in [-0.39, 0.29) is 5.78 Å². The van der Waals surface area contributed by atoms with Gasteiger partial charge in [0.15, 0.2) is 11.4 Å². The average Bonchev–Trinajstić information content (AvgIpc) is 3.05. The highest BCUT2D eigenvalue weighted by Gasteiger charge is 2.43. The van der Waals surface area contributed by atoms with Crippen molar-refractivity contribution in [1.82, 2.24) is 4.98 Å². The predicted octanol–water partition coefficient (Wildman–Crippen LogP) is 4.49. The number of halogens is 1. The third kappa shape index (κ3) is 2.54. The summed E-state index contributed by atoms with van der Waals surface area (Å²) in [4.78, 5) is 19.2. The first-order valence-corrected chi connectivity index (χ1v) is 9.12. The Morgan fingerprint density at radius 1 is 1.12 bits per heavy atom. The molecule has 0 unspecified atom stereocenters. The van der Waals surface area contributed by atoms with Crippen LogP contribution in [0, 0.1) is 0 Å². The zero-order chi connectivity index (χ0) is 17.7. The van der Waals surface area contributed by atoms with Gasteiger partial charge >= 0.3 is 0 Å². The van der Waals surface area contributed by atoms with Crippen molar-refractivity contribution in [3.05, 3.63) is 53.1 Å². The first-order valence-electron chi connectivity index (χ1n) is 8.74. The lowest BCUT2D eigenvalue weighted by Crippen LogP contribution is -2.51. The van der Waals surface area contributed by atoms with Gasteiger partial charge in [0, 0.05) is 31.0 Å². The number of anilines is 1. The highest BCUT2D eigenvalue weighted by Crippen LogP contribution is 2.40. The van der Waals surface area contributed by atoms with Crippen LogP contribution in [0.4, 0.5) is 6.01 Å². The van der Waals surface area contributed by atoms with Gasteiger partial charge in [0.25, 0.3) is 6.01 Å². The molecule has 132 valence electrons. The van der Waals surface area contributed by atoms with E-state index in [9.17, 15) is 4.79 Å². The summed E-state index contributed by atoms with van der Waals surface area (Å²) < 4.78 is 12.1. The molecule has 0 saturated carbocycles. The van der Waals surface area contributed by atoms with Crippen LogP contribution >= 0.6 is 11.6 Å². The second-order valence-corrected chi connectivity index (χ2v) is 7.41. The number of fused-ring (bicyclic) bond motifs is 2. The fourth-order valence-corrected chi connectivity index (χ4v) is 4.02. The summed E-state index contributed by atoms with van der Waals surface area (Å²) in [6.07, 6.45) is 1.94. The fourth-order valence-electron chi connectivity index (χ4n) is 3.85. The van der Waals surface area contributed by atoms with E-state index in [2.05, 4.69) is 9.88 Å². The molecule has 1 aromatic heterocycles. The Morgan fingerprint density at radius 2 is 1.92 bits per heavy atom. The number of piperidine rings is 1. The number of oxazole rings is 1. The third-order valence-electron chi connectivity index (χ3n) is 5.28. The number of hydrogen-bond donors (Lipinski definition) is 0. The molecular weight excluding hydrogens is 352 g/mol. The number of carbonyl (C=O) groups is 1. The first-order chi connectivity index (χ1) is 12.6. The highest BCUT2D eigenvalue weighted by atomic mass is 35.5. The van der Waals surface area contributed by atoms with E-state index < -0.39 is 5.60 Å². The van der Waals surface area contributed by atoms with Gasteiger partial charge in [0.2, 0.25) is 0 Å². The molecular formula is C20H17ClN2O3. The molecule has 2 aliphatic heterocycles. The van der Waals surface area contributed by atoms with Crippen molar-refractivity contribution in [2.45, 2.75) is 24.9 Å². The van der Waals surface area contributed by atoms with E-state index >= 15 is 0 Å². The summed E-state index contributed by atoms with van der Waals surface area (Å²) >= 11 is 6.02. The number of ether oxygens (including phenoxy) is 1. The molecule has 0 aliphatic carbocycles. The minimum atomic E-state index is -0.419. The molecule has 26 heavy (non-hydrogen) atoms. The molecule has 6 heteroatoms. The number of nitrogens with zero attached hydrogens (tertiary/aromatic N) is 2. The molecule has 0 N–H and O–H groups in total. The van der Waals surface area contributed by atoms with Gasteiger partial charge in [-0.15, -0.1) is 0 Å². The second kappa shape index (κ2) is 5.74. The molecule has 1 saturated heterocycles. The van der Waals surface area contributed by atoms with Crippen LogP contribution in [0.2, 0.25) is 5.02 Å². The Kier molecular flexibility index (Phi) is 3.47. The summed E-state index contributed by atoms with van der Waals surface area (Å²) in [5.74, 6) is 0.866. The molecule has 0 radical (unpaired) electrons. The highest BCUT2D eigenvalue weighted by molar-refractivity contribution is 6.31. The number of para-hydroxylation sites is 1. The topological polar surface area (TPSA) is 55.6 Å². The Hall–Kier alpha value is -2.53. The molecule has 5 nitrogen and oxygen atoms in total. The second-order valence-electron chi connectivity index (χ2n) is 6.98. The Balaban J connectivity index is 1.36. The van der Waals surface area contributed by atoms with Crippen LogP contribution < -0.4 is 9.64 Å². The third-order valence-corrected chi connectivity index (χ3v) is 5.52. The lowest BCUT2D eigenvalue weighted by molar-refractivity contribution is 0.0227. The van der Waals surface area contributed by atoms with Crippen LogP contribution in [0.1, 0.15) is 29.6 Å². The van der Waals surface area contributed by atoms with Gasteiger partial charge in [-0.05, 0) is 30.3 Å². The smallest absolute Gasteiger partial charge is 0.298 e. The van der Waals surface area contributed by atoms with Crippen LogP contribution in [0.25, 0.3) is 11.1 Å². The van der Waals surface area contributed by atoms with E-state index in [0.717, 1.165) is 37.0 Å². The number of hydrogen-bond acceptors (Lipinski definition) is 5. The van der Waals surface area contributed by atoms with Gasteiger partial charge in [-0.25, -0.2) is 0 Å². The summed E-state index contributed by atoms with van der Waals surface area (Å²) in [5, 5.41) is 0.641. The number of carbonyl (C=O) groups excluding carboxylic acids is 1. The van der Waals surface area contributed by atoms with Crippen molar-refractivity contribution in [3.8, 4) is 5.75 Å². The van der Waals surface area contributed by atoms with Gasteiger partial charge in [0.1, 0.15) is 16.9 Å². The summed E-state index contributed by atoms with van der Waals surface area (Å²) in [6, 6.07) is 13.5. The molecule has 0 atom stereocenters. The van der Waals surface area contributed by atoms with Crippen LogP contribution in [-0.2, 0) is 0 Å². The Labute approximate surface area is 155 Å². The van der Waals surface area contributed by atoms with Crippen molar-refractivity contribution in [2.75, 3.05) is 18.0 Å². The van der Waals surface area contributed by atoms with Gasteiger partial charge in [-0.2, -0.15) is 4.98 Å². The van der Waals surface area contributed by atoms with Gasteiger partial charge in [-0.3, -0.25) is 4.79 Å². The van der Waals surface area contributed by atoms with Crippen molar-refractivity contribution in [1.29, 1.82) is 0 Å². The zero-order valence-electron chi connectivity index (χ0n) is 14.1. The van der Waals surface area contributed by atoms with Crippen molar-refractivity contribution in [2.24, 2.45) is 0 Å². The van der Waals surface area contributed by atoms with E-state index in [1.54, 1.807) is 12.1 Å². The molecule has 1 fully saturated rings. The summed E-state index contributed by atoms with van der Waals surface area (Å²) in [6.45, 7) is 1.46. The SMILES string of the molecule is O=C1CC2(CCN(c3nc4cc(Cl)ccc4o3)CC2)Oc2ccccc21. The van der Waals surface area contributed by atoms with Crippen LogP contribution in [0.5, 0.6) is 5.75 Å². The molecule has 2 aromatic carbocycles. The van der Waals surface area contributed by atoms with Crippen molar-refractivity contribution in [3.63, 3.8) is 0 Å². The van der Waals surface area contributed by atoms with Crippen molar-refractivity contribution < 1.29 is 13.9 Å². The van der Waals surface area contributed by atoms with Gasteiger partial charge < -0.3 is 14.1 Å². The van der Waals surface area contributed by atoms with Crippen LogP contribution in [-0.4, -0.2) is 29.5 Å². The van der Waals surface area contributed by atoms with Crippen LogP contribution in [0.15, 0.2) is 46.9 Å². The largest absolute Gasteiger partial charge is 0.486 e. The zero-order valence-corrected chi connectivity index (χ0v) is 14.8. The molecule has 0 bridgehead atoms. The lowest BCUT2D eigenvalue weighted by atomic mass is 9.82. The number of ketones is 1. The summed E-state index contributed by atoms with van der Waals surface area (Å²) in [7, 11) is 0. The van der Waals surface area contributed by atoms with E-state index in [0.29, 0.717) is 28.8 Å². The van der Waals surface area contributed by atoms with E-state index in [1.165, 1.54) is 0 Å². The van der Waals surface area contributed by atoms with E-state index in [4.69, 9.17) is 20.8 Å². The maximum Gasteiger partial charge on any atom is 0.298 e. The maximum atomic E-state index is 12.5. The number of benzene rings is 2. The predicted molar refractivity (Wildman–Crippen MR) is 99.2 cm³/mol. The van der Waals surface area contributed by atoms with E-state index in [1.807, 2.05) is 30.3 Å². The number of rotatable bonds is 1. The minimum Gasteiger partial charge on any atom is -0.486 e. The number of Topliss-reactive ketones (excluding diaryl/α,β-unsaturated/α-hetero) is 1. The molecule has 2 aliphatic rings. The normalized spacial score (nSPS) is 18.8. The standard InChI is InChI=1S/C20H17ClN2O3/c21-13-5-6-18-15(11-13)22-19(25-18)23-9-7-20(8-10-23)12-16(24)14-3-1-2-4-17(14)26-20/h1-6,11H,7-10,12H2. The summed E-state index contributed by atoms with van der Waals surface area (Å²) in [5.41, 5.74) is 1.75. The maximum absolute atomic E-state index is 12.5. The first kappa shape index (κ1) is 15.7. The quantitative estimate of drug-likeness (QED) is 0.633. The van der Waals surface area contributed by atoms with Crippen LogP contribution in [0.3, 0.4) is 0 Å². The molecule has 0 amide bonds. The van der Waals surface area contributed by atoms with Crippen molar-refractivity contribution >= 4 is 34.5 Å². The molecule has 3 heterocycles. The average molecular weight is 369 g/mol. The Morgan fingerprint density at radius 3 is 2.77 bits per heavy atom. The molecule has 5 rings (SSSR count). The Bertz CT molecular complexity index is 1010. The number of aromatic nitrogens is 1. The fraction of sp³-hybridized carbons (Fsp3) is 0.300. The minimum absolute atomic E-state index is 0.164. The molecule has 1 spiro atoms. The lowest BCUT2D eigenvalue weighted by Gasteiger charge is -2.43. The van der Waals surface area contributed by atoms with Gasteiger partial charge in [-0.1, -0.05) is 23.7 Å².